The largest absolute Gasteiger partial charge is 0.398 e. The minimum Gasteiger partial charge on any atom is -0.322 e. The van der Waals surface area contributed by atoms with Crippen molar-refractivity contribution < 1.29 is 30.7 Å². The molecule has 1 aromatic heterocycles. The van der Waals surface area contributed by atoms with Crippen molar-refractivity contribution in [3.63, 3.8) is 0 Å². The summed E-state index contributed by atoms with van der Waals surface area (Å²) < 4.78 is 94.8. The van der Waals surface area contributed by atoms with Crippen molar-refractivity contribution in [3.8, 4) is 0 Å². The molecule has 1 unspecified atom stereocenters. The molecule has 0 amide bonds. The van der Waals surface area contributed by atoms with Crippen molar-refractivity contribution in [2.45, 2.75) is 22.9 Å². The van der Waals surface area contributed by atoms with E-state index in [9.17, 15) is 22.0 Å². The SMILES string of the molecule is N/N=C\N(N)CC(c1ccc(F)cc1F)C(F)(F)c1ccc(SCC(F)(F)F)cn1. The van der Waals surface area contributed by atoms with Crippen LogP contribution >= 0.6 is 11.8 Å². The molecular weight excluding hydrogens is 439 g/mol. The molecule has 0 radical (unpaired) electrons. The molecule has 4 N–H and O–H groups in total. The molecule has 0 aliphatic carbocycles. The van der Waals surface area contributed by atoms with E-state index in [1.807, 2.05) is 0 Å². The fraction of sp³-hybridized carbons (Fsp3) is 0.294. The molecule has 0 aliphatic rings. The van der Waals surface area contributed by atoms with Crippen molar-refractivity contribution >= 4 is 18.1 Å². The highest BCUT2D eigenvalue weighted by atomic mass is 32.2. The third-order valence-corrected chi connectivity index (χ3v) is 4.91. The number of aromatic nitrogens is 1. The molecule has 0 bridgehead atoms. The van der Waals surface area contributed by atoms with Crippen molar-refractivity contribution in [1.29, 1.82) is 0 Å². The normalized spacial score (nSPS) is 13.6. The number of halogens is 7. The molecule has 0 saturated carbocycles. The minimum absolute atomic E-state index is 0.0205. The number of hydrogen-bond acceptors (Lipinski definition) is 5. The lowest BCUT2D eigenvalue weighted by atomic mass is 9.89. The lowest BCUT2D eigenvalue weighted by Crippen LogP contribution is -2.40. The monoisotopic (exact) mass is 455 g/mol. The quantitative estimate of drug-likeness (QED) is 0.157. The summed E-state index contributed by atoms with van der Waals surface area (Å²) in [6.45, 7) is -0.678. The average molecular weight is 455 g/mol. The second-order valence-corrected chi connectivity index (χ2v) is 7.13. The van der Waals surface area contributed by atoms with E-state index in [2.05, 4.69) is 10.1 Å². The number of benzene rings is 1. The van der Waals surface area contributed by atoms with Gasteiger partial charge in [0.25, 0.3) is 5.92 Å². The van der Waals surface area contributed by atoms with E-state index >= 15 is 8.78 Å². The van der Waals surface area contributed by atoms with Gasteiger partial charge in [-0.2, -0.15) is 27.1 Å². The molecule has 0 saturated heterocycles. The van der Waals surface area contributed by atoms with E-state index < -0.39 is 53.2 Å². The predicted octanol–water partition coefficient (Wildman–Crippen LogP) is 3.97. The fourth-order valence-electron chi connectivity index (χ4n) is 2.54. The van der Waals surface area contributed by atoms with Crippen molar-refractivity contribution in [1.82, 2.24) is 9.99 Å². The van der Waals surface area contributed by atoms with E-state index in [1.165, 1.54) is 0 Å². The third-order valence-electron chi connectivity index (χ3n) is 3.86. The number of hydrazone groups is 1. The highest BCUT2D eigenvalue weighted by Crippen LogP contribution is 2.43. The number of nitrogens with two attached hydrogens (primary N) is 2. The van der Waals surface area contributed by atoms with Gasteiger partial charge >= 0.3 is 6.18 Å². The van der Waals surface area contributed by atoms with Crippen molar-refractivity contribution in [2.24, 2.45) is 16.8 Å². The van der Waals surface area contributed by atoms with Gasteiger partial charge in [0.2, 0.25) is 0 Å². The molecule has 1 heterocycles. The van der Waals surface area contributed by atoms with Gasteiger partial charge in [0.15, 0.2) is 0 Å². The number of thioether (sulfide) groups is 1. The molecule has 2 rings (SSSR count). The van der Waals surface area contributed by atoms with Crippen LogP contribution in [0.3, 0.4) is 0 Å². The second kappa shape index (κ2) is 9.51. The number of hydrazine groups is 1. The standard InChI is InChI=1S/C17H16F7N5S/c18-10-1-3-12(14(19)5-10)13(7-29(26)9-28-25)17(23,24)15-4-2-11(6-27-15)30-8-16(20,21)22/h1-6,9,13H,7-8,25-26H2/b28-9-. The topological polar surface area (TPSA) is 80.5 Å². The zero-order valence-electron chi connectivity index (χ0n) is 15.1. The Morgan fingerprint density at radius 2 is 1.83 bits per heavy atom. The van der Waals surface area contributed by atoms with Gasteiger partial charge in [-0.25, -0.2) is 14.6 Å². The maximum absolute atomic E-state index is 15.2. The summed E-state index contributed by atoms with van der Waals surface area (Å²) in [4.78, 5) is 3.57. The van der Waals surface area contributed by atoms with Crippen LogP contribution in [0.15, 0.2) is 46.5 Å². The molecule has 0 aliphatic heterocycles. The Labute approximate surface area is 170 Å². The van der Waals surface area contributed by atoms with Crippen LogP contribution in [0.5, 0.6) is 0 Å². The summed E-state index contributed by atoms with van der Waals surface area (Å²) in [6, 6.07) is 3.99. The minimum atomic E-state index is -4.44. The summed E-state index contributed by atoms with van der Waals surface area (Å²) in [5.74, 6) is 1.28. The Morgan fingerprint density at radius 1 is 1.13 bits per heavy atom. The smallest absolute Gasteiger partial charge is 0.322 e. The first-order valence-corrected chi connectivity index (χ1v) is 9.16. The molecule has 0 spiro atoms. The summed E-state index contributed by atoms with van der Waals surface area (Å²) in [5.41, 5.74) is -1.37. The van der Waals surface area contributed by atoms with Crippen LogP contribution in [0.1, 0.15) is 17.2 Å². The van der Waals surface area contributed by atoms with Crippen LogP contribution in [0, 0.1) is 11.6 Å². The van der Waals surface area contributed by atoms with Crippen LogP contribution in [0.4, 0.5) is 30.7 Å². The summed E-state index contributed by atoms with van der Waals surface area (Å²) >= 11 is 0.379. The zero-order valence-corrected chi connectivity index (χ0v) is 15.9. The van der Waals surface area contributed by atoms with E-state index in [0.29, 0.717) is 22.8 Å². The summed E-state index contributed by atoms with van der Waals surface area (Å²) in [6.07, 6.45) is -2.75. The lowest BCUT2D eigenvalue weighted by Gasteiger charge is -2.29. The van der Waals surface area contributed by atoms with Crippen LogP contribution < -0.4 is 11.7 Å². The van der Waals surface area contributed by atoms with E-state index in [-0.39, 0.29) is 4.90 Å². The highest BCUT2D eigenvalue weighted by molar-refractivity contribution is 7.99. The average Bonchev–Trinajstić information content (AvgIpc) is 2.65. The van der Waals surface area contributed by atoms with Crippen LogP contribution in [-0.2, 0) is 5.92 Å². The van der Waals surface area contributed by atoms with Crippen LogP contribution in [0.25, 0.3) is 0 Å². The first-order valence-electron chi connectivity index (χ1n) is 8.17. The number of pyridine rings is 1. The number of hydrogen-bond donors (Lipinski definition) is 2. The van der Waals surface area contributed by atoms with Gasteiger partial charge in [-0.05, 0) is 23.8 Å². The Kier molecular flexibility index (Phi) is 7.53. The lowest BCUT2D eigenvalue weighted by molar-refractivity contribution is -0.105. The molecule has 5 nitrogen and oxygen atoms in total. The Morgan fingerprint density at radius 3 is 2.37 bits per heavy atom. The number of nitrogens with zero attached hydrogens (tertiary/aromatic N) is 3. The van der Waals surface area contributed by atoms with Gasteiger partial charge in [-0.1, -0.05) is 6.07 Å². The zero-order chi connectivity index (χ0) is 22.5. The Balaban J connectivity index is 2.37. The third kappa shape index (κ3) is 6.23. The van der Waals surface area contributed by atoms with Crippen LogP contribution in [0.2, 0.25) is 0 Å². The molecule has 13 heteroatoms. The van der Waals surface area contributed by atoms with Gasteiger partial charge in [0.1, 0.15) is 23.7 Å². The summed E-state index contributed by atoms with van der Waals surface area (Å²) in [5, 5.41) is 3.78. The maximum atomic E-state index is 15.2. The number of rotatable bonds is 8. The van der Waals surface area contributed by atoms with Gasteiger partial charge in [0.05, 0.1) is 11.7 Å². The molecule has 1 atom stereocenters. The predicted molar refractivity (Wildman–Crippen MR) is 97.6 cm³/mol. The first kappa shape index (κ1) is 23.7. The van der Waals surface area contributed by atoms with Gasteiger partial charge in [0, 0.05) is 23.7 Å². The van der Waals surface area contributed by atoms with Gasteiger partial charge in [-0.3, -0.25) is 9.99 Å². The Bertz CT molecular complexity index is 874. The molecule has 0 fully saturated rings. The molecule has 30 heavy (non-hydrogen) atoms. The van der Waals surface area contributed by atoms with Gasteiger partial charge < -0.3 is 5.84 Å². The maximum Gasteiger partial charge on any atom is 0.398 e. The molecular formula is C17H16F7N5S. The van der Waals surface area contributed by atoms with E-state index in [4.69, 9.17) is 11.7 Å². The van der Waals surface area contributed by atoms with Crippen molar-refractivity contribution in [3.05, 3.63) is 59.4 Å². The van der Waals surface area contributed by atoms with Crippen molar-refractivity contribution in [2.75, 3.05) is 12.3 Å². The molecule has 164 valence electrons. The van der Waals surface area contributed by atoms with Crippen LogP contribution in [-0.4, -0.2) is 34.8 Å². The highest BCUT2D eigenvalue weighted by Gasteiger charge is 2.45. The van der Waals surface area contributed by atoms with Gasteiger partial charge in [-0.15, -0.1) is 11.8 Å². The van der Waals surface area contributed by atoms with E-state index in [1.54, 1.807) is 0 Å². The first-order chi connectivity index (χ1) is 13.9. The van der Waals surface area contributed by atoms with E-state index in [0.717, 1.165) is 36.8 Å². The Hall–Kier alpha value is -2.54. The number of alkyl halides is 5. The molecule has 2 aromatic rings. The fourth-order valence-corrected chi connectivity index (χ4v) is 3.16. The summed E-state index contributed by atoms with van der Waals surface area (Å²) in [7, 11) is 0. The second-order valence-electron chi connectivity index (χ2n) is 6.09. The molecule has 1 aromatic carbocycles.